The molecule has 1 aliphatic heterocycles. The van der Waals surface area contributed by atoms with Gasteiger partial charge in [-0.1, -0.05) is 44.2 Å². The molecule has 8 nitrogen and oxygen atoms in total. The number of aliphatic hydroxyl groups excluding tert-OH is 1. The number of amides is 1. The third-order valence-electron chi connectivity index (χ3n) is 6.98. The van der Waals surface area contributed by atoms with Crippen molar-refractivity contribution in [3.8, 4) is 11.4 Å². The lowest BCUT2D eigenvalue weighted by atomic mass is 9.95. The van der Waals surface area contributed by atoms with Crippen LogP contribution in [0.1, 0.15) is 43.1 Å². The lowest BCUT2D eigenvalue weighted by Gasteiger charge is -2.27. The number of carbonyl (C=O) groups excluding carboxylic acids is 2. The Morgan fingerprint density at radius 2 is 1.81 bits per heavy atom. The topological polar surface area (TPSA) is 87.9 Å². The Morgan fingerprint density at radius 3 is 2.49 bits per heavy atom. The van der Waals surface area contributed by atoms with Gasteiger partial charge in [0.05, 0.1) is 41.9 Å². The van der Waals surface area contributed by atoms with E-state index in [-0.39, 0.29) is 11.3 Å². The Balaban J connectivity index is 1.78. The summed E-state index contributed by atoms with van der Waals surface area (Å²) in [5.74, 6) is -0.918. The maximum Gasteiger partial charge on any atom is 0.295 e. The number of rotatable bonds is 10. The van der Waals surface area contributed by atoms with Gasteiger partial charge in [0.2, 0.25) is 0 Å². The molecule has 37 heavy (non-hydrogen) atoms. The Hall–Kier alpha value is -3.91. The molecule has 0 aliphatic carbocycles. The molecule has 194 valence electrons. The van der Waals surface area contributed by atoms with Crippen LogP contribution in [0.25, 0.3) is 11.4 Å². The van der Waals surface area contributed by atoms with Gasteiger partial charge < -0.3 is 19.6 Å². The van der Waals surface area contributed by atoms with Crippen molar-refractivity contribution < 1.29 is 19.4 Å². The number of hydrogen-bond acceptors (Lipinski definition) is 6. The molecule has 1 unspecified atom stereocenters. The number of benzene rings is 2. The van der Waals surface area contributed by atoms with Crippen LogP contribution in [0.2, 0.25) is 0 Å². The van der Waals surface area contributed by atoms with Gasteiger partial charge in [-0.15, -0.1) is 0 Å². The zero-order chi connectivity index (χ0) is 26.5. The molecule has 0 spiro atoms. The van der Waals surface area contributed by atoms with Crippen molar-refractivity contribution in [1.29, 1.82) is 0 Å². The van der Waals surface area contributed by atoms with Gasteiger partial charge in [0.1, 0.15) is 11.5 Å². The van der Waals surface area contributed by atoms with Gasteiger partial charge in [-0.05, 0) is 62.8 Å². The summed E-state index contributed by atoms with van der Waals surface area (Å²) in [5, 5.41) is 15.9. The largest absolute Gasteiger partial charge is 0.507 e. The molecular weight excluding hydrogens is 468 g/mol. The number of nitrogens with zero attached hydrogens (tertiary/aromatic N) is 4. The van der Waals surface area contributed by atoms with E-state index in [1.807, 2.05) is 61.5 Å². The first-order valence-corrected chi connectivity index (χ1v) is 12.7. The average Bonchev–Trinajstić information content (AvgIpc) is 3.43. The van der Waals surface area contributed by atoms with Crippen LogP contribution in [-0.4, -0.2) is 69.7 Å². The number of ether oxygens (including phenoxy) is 1. The standard InChI is InChI=1S/C29H34N4O4/c1-5-31(6-2)16-11-17-32-26(21-12-10-15-23(18-21)37-4)25(28(35)29(32)36)27(34)24-19-30-33(20(24)3)22-13-8-7-9-14-22/h7-10,12-15,18-19,26,34H,5-6,11,16-17H2,1-4H3/b27-25+. The second-order valence-corrected chi connectivity index (χ2v) is 9.04. The monoisotopic (exact) mass is 502 g/mol. The average molecular weight is 503 g/mol. The zero-order valence-electron chi connectivity index (χ0n) is 21.8. The van der Waals surface area contributed by atoms with Crippen LogP contribution in [0.3, 0.4) is 0 Å². The van der Waals surface area contributed by atoms with Gasteiger partial charge >= 0.3 is 0 Å². The fourth-order valence-electron chi connectivity index (χ4n) is 4.89. The number of aromatic nitrogens is 2. The number of hydrogen-bond donors (Lipinski definition) is 1. The summed E-state index contributed by atoms with van der Waals surface area (Å²) in [6.45, 7) is 9.06. The Kier molecular flexibility index (Phi) is 8.08. The van der Waals surface area contributed by atoms with E-state index in [4.69, 9.17) is 4.74 Å². The maximum atomic E-state index is 13.4. The fourth-order valence-corrected chi connectivity index (χ4v) is 4.89. The highest BCUT2D eigenvalue weighted by molar-refractivity contribution is 6.46. The van der Waals surface area contributed by atoms with Gasteiger partial charge in [0, 0.05) is 6.54 Å². The van der Waals surface area contributed by atoms with E-state index in [0.717, 1.165) is 25.3 Å². The number of carbonyl (C=O) groups is 2. The van der Waals surface area contributed by atoms with Gasteiger partial charge in [0.25, 0.3) is 11.7 Å². The molecule has 1 fully saturated rings. The summed E-state index contributed by atoms with van der Waals surface area (Å²) < 4.78 is 7.11. The lowest BCUT2D eigenvalue weighted by Crippen LogP contribution is -2.33. The van der Waals surface area contributed by atoms with Crippen molar-refractivity contribution in [2.75, 3.05) is 33.3 Å². The summed E-state index contributed by atoms with van der Waals surface area (Å²) in [6.07, 6.45) is 2.24. The predicted octanol–water partition coefficient (Wildman–Crippen LogP) is 4.34. The Bertz CT molecular complexity index is 1290. The molecule has 2 heterocycles. The van der Waals surface area contributed by atoms with Crippen molar-refractivity contribution in [3.63, 3.8) is 0 Å². The number of aliphatic hydroxyl groups is 1. The SMILES string of the molecule is CCN(CC)CCCN1C(=O)C(=O)/C(=C(/O)c2cnn(-c3ccccc3)c2C)C1c1cccc(OC)c1. The molecule has 1 aromatic heterocycles. The molecule has 2 aromatic carbocycles. The van der Waals surface area contributed by atoms with Crippen LogP contribution >= 0.6 is 0 Å². The van der Waals surface area contributed by atoms with E-state index in [0.29, 0.717) is 35.5 Å². The summed E-state index contributed by atoms with van der Waals surface area (Å²) in [7, 11) is 1.57. The van der Waals surface area contributed by atoms with Crippen molar-refractivity contribution >= 4 is 17.4 Å². The molecule has 3 aromatic rings. The van der Waals surface area contributed by atoms with Crippen LogP contribution in [-0.2, 0) is 9.59 Å². The smallest absolute Gasteiger partial charge is 0.295 e. The molecule has 1 atom stereocenters. The summed E-state index contributed by atoms with van der Waals surface area (Å²) in [6, 6.07) is 16.1. The molecule has 4 rings (SSSR count). The minimum atomic E-state index is -0.730. The molecule has 1 aliphatic rings. The predicted molar refractivity (Wildman–Crippen MR) is 143 cm³/mol. The number of para-hydroxylation sites is 1. The Labute approximate surface area is 217 Å². The third kappa shape index (κ3) is 5.15. The van der Waals surface area contributed by atoms with E-state index >= 15 is 0 Å². The highest BCUT2D eigenvalue weighted by Crippen LogP contribution is 2.40. The number of likely N-dealkylation sites (tertiary alicyclic amines) is 1. The maximum absolute atomic E-state index is 13.4. The van der Waals surface area contributed by atoms with Gasteiger partial charge in [-0.2, -0.15) is 5.10 Å². The Morgan fingerprint density at radius 1 is 1.08 bits per heavy atom. The third-order valence-corrected chi connectivity index (χ3v) is 6.98. The first kappa shape index (κ1) is 26.2. The lowest BCUT2D eigenvalue weighted by molar-refractivity contribution is -0.140. The van der Waals surface area contributed by atoms with E-state index in [1.165, 1.54) is 6.20 Å². The molecule has 0 bridgehead atoms. The summed E-state index contributed by atoms with van der Waals surface area (Å²) in [4.78, 5) is 30.5. The summed E-state index contributed by atoms with van der Waals surface area (Å²) >= 11 is 0. The first-order valence-electron chi connectivity index (χ1n) is 12.7. The fraction of sp³-hybridized carbons (Fsp3) is 0.345. The minimum Gasteiger partial charge on any atom is -0.507 e. The quantitative estimate of drug-likeness (QED) is 0.252. The van der Waals surface area contributed by atoms with Crippen LogP contribution < -0.4 is 4.74 Å². The summed E-state index contributed by atoms with van der Waals surface area (Å²) in [5.41, 5.74) is 2.69. The highest BCUT2D eigenvalue weighted by atomic mass is 16.5. The molecule has 8 heteroatoms. The number of Topliss-reactive ketones (excluding diaryl/α,β-unsaturated/α-hetero) is 1. The first-order chi connectivity index (χ1) is 17.9. The van der Waals surface area contributed by atoms with E-state index < -0.39 is 17.7 Å². The molecular formula is C29H34N4O4. The minimum absolute atomic E-state index is 0.0665. The van der Waals surface area contributed by atoms with Gasteiger partial charge in [0.15, 0.2) is 0 Å². The van der Waals surface area contributed by atoms with Crippen molar-refractivity contribution in [2.45, 2.75) is 33.2 Å². The van der Waals surface area contributed by atoms with Gasteiger partial charge in [-0.3, -0.25) is 9.59 Å². The van der Waals surface area contributed by atoms with Crippen molar-refractivity contribution in [3.05, 3.63) is 83.2 Å². The molecule has 1 saturated heterocycles. The molecule has 1 amide bonds. The zero-order valence-corrected chi connectivity index (χ0v) is 21.8. The van der Waals surface area contributed by atoms with E-state index in [2.05, 4.69) is 23.8 Å². The van der Waals surface area contributed by atoms with Crippen LogP contribution in [0.4, 0.5) is 0 Å². The molecule has 1 N–H and O–H groups in total. The van der Waals surface area contributed by atoms with Crippen molar-refractivity contribution in [1.82, 2.24) is 19.6 Å². The van der Waals surface area contributed by atoms with Crippen molar-refractivity contribution in [2.24, 2.45) is 0 Å². The molecule has 0 radical (unpaired) electrons. The van der Waals surface area contributed by atoms with Crippen LogP contribution in [0.5, 0.6) is 5.75 Å². The van der Waals surface area contributed by atoms with Crippen LogP contribution in [0.15, 0.2) is 66.4 Å². The van der Waals surface area contributed by atoms with Crippen LogP contribution in [0, 0.1) is 6.92 Å². The normalized spacial score (nSPS) is 17.1. The second-order valence-electron chi connectivity index (χ2n) is 9.04. The van der Waals surface area contributed by atoms with E-state index in [9.17, 15) is 14.7 Å². The van der Waals surface area contributed by atoms with Gasteiger partial charge in [-0.25, -0.2) is 4.68 Å². The number of ketones is 1. The van der Waals surface area contributed by atoms with E-state index in [1.54, 1.807) is 16.7 Å². The highest BCUT2D eigenvalue weighted by Gasteiger charge is 2.46. The second kappa shape index (κ2) is 11.4. The molecule has 0 saturated carbocycles. The number of methoxy groups -OCH3 is 1.